The van der Waals surface area contributed by atoms with Crippen LogP contribution in [0.5, 0.6) is 0 Å². The number of thioether (sulfide) groups is 1. The molecule has 0 bridgehead atoms. The molecular formula is C11H14Cl2N2O2S. The van der Waals surface area contributed by atoms with Gasteiger partial charge in [-0.15, -0.1) is 11.8 Å². The number of nitrogens with two attached hydrogens (primary N) is 1. The summed E-state index contributed by atoms with van der Waals surface area (Å²) in [7, 11) is 0. The average molecular weight is 309 g/mol. The molecule has 0 amide bonds. The lowest BCUT2D eigenvalue weighted by molar-refractivity contribution is -0.139. The molecule has 0 aliphatic heterocycles. The van der Waals surface area contributed by atoms with E-state index in [1.54, 1.807) is 26.0 Å². The molecule has 0 aromatic carbocycles. The van der Waals surface area contributed by atoms with Gasteiger partial charge in [0, 0.05) is 10.5 Å². The van der Waals surface area contributed by atoms with E-state index in [-0.39, 0.29) is 0 Å². The summed E-state index contributed by atoms with van der Waals surface area (Å²) in [5.41, 5.74) is 6.25. The molecule has 0 aliphatic rings. The van der Waals surface area contributed by atoms with Crippen molar-refractivity contribution >= 4 is 40.9 Å². The van der Waals surface area contributed by atoms with E-state index < -0.39 is 16.8 Å². The second-order valence-electron chi connectivity index (χ2n) is 4.27. The number of aliphatic carboxylic acids is 1. The van der Waals surface area contributed by atoms with E-state index in [0.717, 1.165) is 0 Å². The Labute approximate surface area is 120 Å². The number of carboxylic acid groups (broad SMARTS) is 1. The van der Waals surface area contributed by atoms with E-state index in [2.05, 4.69) is 4.98 Å². The van der Waals surface area contributed by atoms with Crippen LogP contribution < -0.4 is 5.73 Å². The molecule has 3 N–H and O–H groups in total. The molecule has 4 nitrogen and oxygen atoms in total. The summed E-state index contributed by atoms with van der Waals surface area (Å²) in [6.45, 7) is 3.55. The van der Waals surface area contributed by atoms with Gasteiger partial charge in [-0.25, -0.2) is 4.98 Å². The molecule has 0 fully saturated rings. The van der Waals surface area contributed by atoms with Crippen molar-refractivity contribution in [3.05, 3.63) is 28.0 Å². The van der Waals surface area contributed by atoms with Crippen LogP contribution >= 0.6 is 35.0 Å². The van der Waals surface area contributed by atoms with Gasteiger partial charge in [0.15, 0.2) is 0 Å². The van der Waals surface area contributed by atoms with Gasteiger partial charge in [-0.2, -0.15) is 0 Å². The Morgan fingerprint density at radius 2 is 2.17 bits per heavy atom. The van der Waals surface area contributed by atoms with Gasteiger partial charge in [-0.05, 0) is 26.0 Å². The molecule has 1 aromatic rings. The molecule has 1 rings (SSSR count). The van der Waals surface area contributed by atoms with Crippen LogP contribution in [0.15, 0.2) is 12.1 Å². The lowest BCUT2D eigenvalue weighted by Crippen LogP contribution is -2.46. The number of carbonyl (C=O) groups is 1. The van der Waals surface area contributed by atoms with Crippen molar-refractivity contribution < 1.29 is 9.90 Å². The van der Waals surface area contributed by atoms with Crippen molar-refractivity contribution in [3.63, 3.8) is 0 Å². The molecule has 1 atom stereocenters. The number of hydrogen-bond donors (Lipinski definition) is 2. The Hall–Kier alpha value is -0.490. The minimum absolute atomic E-state index is 0.357. The maximum absolute atomic E-state index is 10.9. The highest BCUT2D eigenvalue weighted by atomic mass is 35.5. The zero-order chi connectivity index (χ0) is 13.9. The van der Waals surface area contributed by atoms with Gasteiger partial charge in [-0.3, -0.25) is 4.79 Å². The molecule has 100 valence electrons. The van der Waals surface area contributed by atoms with Gasteiger partial charge in [-0.1, -0.05) is 23.2 Å². The van der Waals surface area contributed by atoms with E-state index in [9.17, 15) is 4.79 Å². The van der Waals surface area contributed by atoms with Gasteiger partial charge in [0.2, 0.25) is 0 Å². The summed E-state index contributed by atoms with van der Waals surface area (Å²) in [5, 5.41) is 9.78. The van der Waals surface area contributed by atoms with E-state index in [1.807, 2.05) is 0 Å². The smallest absolute Gasteiger partial charge is 0.321 e. The van der Waals surface area contributed by atoms with E-state index in [4.69, 9.17) is 34.0 Å². The monoisotopic (exact) mass is 308 g/mol. The summed E-state index contributed by atoms with van der Waals surface area (Å²) in [5.74, 6) is -0.578. The van der Waals surface area contributed by atoms with Crippen molar-refractivity contribution in [2.75, 3.05) is 0 Å². The van der Waals surface area contributed by atoms with Crippen LogP contribution in [-0.4, -0.2) is 26.8 Å². The molecule has 0 spiro atoms. The van der Waals surface area contributed by atoms with E-state index >= 15 is 0 Å². The number of hydrogen-bond acceptors (Lipinski definition) is 4. The minimum atomic E-state index is -1.03. The first-order chi connectivity index (χ1) is 8.24. The fourth-order valence-corrected chi connectivity index (χ4v) is 2.63. The molecule has 0 saturated heterocycles. The highest BCUT2D eigenvalue weighted by molar-refractivity contribution is 7.99. The van der Waals surface area contributed by atoms with Crippen LogP contribution in [-0.2, 0) is 10.5 Å². The first-order valence-corrected chi connectivity index (χ1v) is 6.91. The van der Waals surface area contributed by atoms with Crippen LogP contribution in [0.2, 0.25) is 10.2 Å². The van der Waals surface area contributed by atoms with Crippen molar-refractivity contribution in [2.45, 2.75) is 30.4 Å². The molecule has 0 aliphatic carbocycles. The van der Waals surface area contributed by atoms with Gasteiger partial charge in [0.25, 0.3) is 0 Å². The number of rotatable bonds is 5. The third-order valence-electron chi connectivity index (χ3n) is 2.48. The maximum atomic E-state index is 10.9. The summed E-state index contributed by atoms with van der Waals surface area (Å²) < 4.78 is -0.626. The Morgan fingerprint density at radius 1 is 1.56 bits per heavy atom. The Balaban J connectivity index is 2.75. The largest absolute Gasteiger partial charge is 0.480 e. The summed E-state index contributed by atoms with van der Waals surface area (Å²) in [4.78, 5) is 15.0. The Bertz CT molecular complexity index is 455. The normalized spacial score (nSPS) is 13.4. The summed E-state index contributed by atoms with van der Waals surface area (Å²) >= 11 is 13.1. The quantitative estimate of drug-likeness (QED) is 0.818. The topological polar surface area (TPSA) is 76.2 Å². The lowest BCUT2D eigenvalue weighted by Gasteiger charge is -2.27. The van der Waals surface area contributed by atoms with Crippen molar-refractivity contribution in [3.8, 4) is 0 Å². The van der Waals surface area contributed by atoms with Crippen LogP contribution in [0.3, 0.4) is 0 Å². The second kappa shape index (κ2) is 6.10. The number of halogens is 2. The molecule has 18 heavy (non-hydrogen) atoms. The zero-order valence-corrected chi connectivity index (χ0v) is 12.3. The molecule has 1 heterocycles. The van der Waals surface area contributed by atoms with Crippen LogP contribution in [0, 0.1) is 0 Å². The summed E-state index contributed by atoms with van der Waals surface area (Å²) in [6, 6.07) is 2.31. The first kappa shape index (κ1) is 15.6. The van der Waals surface area contributed by atoms with Crippen molar-refractivity contribution in [1.82, 2.24) is 4.98 Å². The molecule has 1 aromatic heterocycles. The molecular weight excluding hydrogens is 295 g/mol. The SMILES string of the molecule is CC(C)(SCc1nc(Cl)ccc1Cl)[C@H](N)C(=O)O. The van der Waals surface area contributed by atoms with Crippen LogP contribution in [0.25, 0.3) is 0 Å². The second-order valence-corrected chi connectivity index (χ2v) is 6.69. The Morgan fingerprint density at radius 3 is 2.72 bits per heavy atom. The fraction of sp³-hybridized carbons (Fsp3) is 0.455. The number of pyridine rings is 1. The minimum Gasteiger partial charge on any atom is -0.480 e. The first-order valence-electron chi connectivity index (χ1n) is 5.17. The third kappa shape index (κ3) is 4.02. The predicted molar refractivity (Wildman–Crippen MR) is 75.2 cm³/mol. The van der Waals surface area contributed by atoms with Crippen molar-refractivity contribution in [1.29, 1.82) is 0 Å². The predicted octanol–water partition coefficient (Wildman–Crippen LogP) is 2.81. The highest BCUT2D eigenvalue weighted by Gasteiger charge is 2.32. The van der Waals surface area contributed by atoms with Gasteiger partial charge in [0.1, 0.15) is 11.2 Å². The number of nitrogens with zero attached hydrogens (tertiary/aromatic N) is 1. The standard InChI is InChI=1S/C11H14Cl2N2O2S/c1-11(2,9(14)10(16)17)18-5-7-6(12)3-4-8(13)15-7/h3-4,9H,5,14H2,1-2H3,(H,16,17)/t9-/m1/s1. The van der Waals surface area contributed by atoms with Gasteiger partial charge < -0.3 is 10.8 Å². The van der Waals surface area contributed by atoms with Crippen LogP contribution in [0.4, 0.5) is 0 Å². The lowest BCUT2D eigenvalue weighted by atomic mass is 10.1. The zero-order valence-electron chi connectivity index (χ0n) is 9.98. The highest BCUT2D eigenvalue weighted by Crippen LogP contribution is 2.32. The van der Waals surface area contributed by atoms with E-state index in [1.165, 1.54) is 11.8 Å². The average Bonchev–Trinajstić information content (AvgIpc) is 2.29. The van der Waals surface area contributed by atoms with Crippen LogP contribution in [0.1, 0.15) is 19.5 Å². The summed E-state index contributed by atoms with van der Waals surface area (Å²) in [6.07, 6.45) is 0. The molecule has 0 radical (unpaired) electrons. The van der Waals surface area contributed by atoms with Crippen molar-refractivity contribution in [2.24, 2.45) is 5.73 Å². The maximum Gasteiger partial charge on any atom is 0.321 e. The molecule has 0 unspecified atom stereocenters. The fourth-order valence-electron chi connectivity index (χ4n) is 1.20. The number of carboxylic acids is 1. The molecule has 7 heteroatoms. The third-order valence-corrected chi connectivity index (χ3v) is 4.45. The Kier molecular flexibility index (Phi) is 5.28. The molecule has 0 saturated carbocycles. The van der Waals surface area contributed by atoms with Gasteiger partial charge in [0.05, 0.1) is 10.7 Å². The van der Waals surface area contributed by atoms with Gasteiger partial charge >= 0.3 is 5.97 Å². The van der Waals surface area contributed by atoms with E-state index in [0.29, 0.717) is 21.6 Å². The number of aromatic nitrogens is 1.